The van der Waals surface area contributed by atoms with Gasteiger partial charge in [0.15, 0.2) is 9.54 Å². The van der Waals surface area contributed by atoms with Crippen LogP contribution in [-0.4, -0.2) is 52.9 Å². The summed E-state index contributed by atoms with van der Waals surface area (Å²) in [5, 5.41) is 24.7. The molecule has 3 aromatic heterocycles. The van der Waals surface area contributed by atoms with Crippen LogP contribution in [0.5, 0.6) is 17.5 Å². The van der Waals surface area contributed by atoms with Crippen molar-refractivity contribution in [3.05, 3.63) is 159 Å². The van der Waals surface area contributed by atoms with Gasteiger partial charge in [-0.25, -0.2) is 0 Å². The third-order valence-electron chi connectivity index (χ3n) is 9.70. The molecule has 0 unspecified atom stereocenters. The fourth-order valence-corrected chi connectivity index (χ4v) is 8.24. The van der Waals surface area contributed by atoms with Gasteiger partial charge in [-0.1, -0.05) is 66.0 Å². The van der Waals surface area contributed by atoms with Crippen molar-refractivity contribution >= 4 is 47.6 Å². The third kappa shape index (κ3) is 7.01. The molecule has 276 valence electrons. The van der Waals surface area contributed by atoms with Gasteiger partial charge in [0.1, 0.15) is 5.75 Å². The van der Waals surface area contributed by atoms with Crippen LogP contribution in [0.1, 0.15) is 59.0 Å². The number of aromatic nitrogens is 5. The van der Waals surface area contributed by atoms with E-state index in [4.69, 9.17) is 52.4 Å². The summed E-state index contributed by atoms with van der Waals surface area (Å²) in [6, 6.07) is 22.6. The summed E-state index contributed by atoms with van der Waals surface area (Å²) < 4.78 is 7.99. The quantitative estimate of drug-likeness (QED) is 0.107. The second-order valence-corrected chi connectivity index (χ2v) is 14.4. The van der Waals surface area contributed by atoms with Crippen LogP contribution in [0, 0.1) is 9.54 Å². The van der Waals surface area contributed by atoms with Gasteiger partial charge in [0.2, 0.25) is 11.8 Å². The first-order valence-electron chi connectivity index (χ1n) is 17.1. The van der Waals surface area contributed by atoms with Crippen LogP contribution in [0.4, 0.5) is 0 Å². The van der Waals surface area contributed by atoms with Gasteiger partial charge in [-0.2, -0.15) is 0 Å². The Hall–Kier alpha value is -5.05. The van der Waals surface area contributed by atoms with Gasteiger partial charge in [-0.15, -0.1) is 0 Å². The molecule has 0 aliphatic carbocycles. The summed E-state index contributed by atoms with van der Waals surface area (Å²) in [5.41, 5.74) is 0.648. The molecule has 4 N–H and O–H groups in total. The van der Waals surface area contributed by atoms with Crippen LogP contribution in [-0.2, 0) is 6.54 Å². The van der Waals surface area contributed by atoms with E-state index >= 15 is 0 Å². The van der Waals surface area contributed by atoms with Crippen molar-refractivity contribution in [1.82, 2.24) is 29.0 Å². The van der Waals surface area contributed by atoms with E-state index in [0.29, 0.717) is 17.9 Å². The number of pyridine rings is 1. The van der Waals surface area contributed by atoms with E-state index in [2.05, 4.69) is 25.9 Å². The predicted molar refractivity (Wildman–Crippen MR) is 213 cm³/mol. The first kappa shape index (κ1) is 37.3. The second-order valence-electron chi connectivity index (χ2n) is 12.8. The lowest BCUT2D eigenvalue weighted by Crippen LogP contribution is -2.33. The van der Waals surface area contributed by atoms with Crippen LogP contribution in [0.3, 0.4) is 0 Å². The van der Waals surface area contributed by atoms with Gasteiger partial charge in [0, 0.05) is 30.5 Å². The van der Waals surface area contributed by atoms with Crippen LogP contribution in [0.25, 0.3) is 11.4 Å². The maximum absolute atomic E-state index is 14.1. The number of para-hydroxylation sites is 2. The van der Waals surface area contributed by atoms with Crippen LogP contribution in [0.2, 0.25) is 10.0 Å². The van der Waals surface area contributed by atoms with Crippen molar-refractivity contribution in [2.45, 2.75) is 37.8 Å². The highest BCUT2D eigenvalue weighted by molar-refractivity contribution is 7.71. The summed E-state index contributed by atoms with van der Waals surface area (Å²) >= 11 is 24.2. The van der Waals surface area contributed by atoms with E-state index in [1.807, 2.05) is 18.3 Å². The number of nitrogens with zero attached hydrogens (tertiary/aromatic N) is 4. The van der Waals surface area contributed by atoms with Crippen molar-refractivity contribution in [3.8, 4) is 28.9 Å². The first-order chi connectivity index (χ1) is 26.1. The Morgan fingerprint density at radius 3 is 1.98 bits per heavy atom. The highest BCUT2D eigenvalue weighted by Crippen LogP contribution is 2.41. The highest BCUT2D eigenvalue weighted by atomic mass is 35.5. The van der Waals surface area contributed by atoms with Crippen molar-refractivity contribution in [2.24, 2.45) is 0 Å². The van der Waals surface area contributed by atoms with E-state index in [1.165, 1.54) is 9.13 Å². The Kier molecular flexibility index (Phi) is 10.9. The molecule has 6 aromatic rings. The lowest BCUT2D eigenvalue weighted by Gasteiger charge is -2.36. The molecule has 1 atom stereocenters. The monoisotopic (exact) mass is 800 g/mol. The molecule has 3 aromatic carbocycles. The number of aromatic amines is 2. The molecule has 0 radical (unpaired) electrons. The molecule has 1 saturated heterocycles. The summed E-state index contributed by atoms with van der Waals surface area (Å²) in [5.74, 6) is -2.00. The number of aromatic hydroxyl groups is 2. The number of piperidine rings is 1. The zero-order valence-corrected chi connectivity index (χ0v) is 32.0. The molecule has 1 aliphatic rings. The van der Waals surface area contributed by atoms with Gasteiger partial charge in [-0.3, -0.25) is 38.6 Å². The molecular weight excluding hydrogens is 768 g/mol. The Morgan fingerprint density at radius 1 is 0.852 bits per heavy atom. The normalized spacial score (nSPS) is 14.7. The van der Waals surface area contributed by atoms with E-state index in [1.54, 1.807) is 74.0 Å². The number of H-pyrrole nitrogens is 2. The van der Waals surface area contributed by atoms with Crippen molar-refractivity contribution in [3.63, 3.8) is 0 Å². The third-order valence-corrected chi connectivity index (χ3v) is 10.9. The average Bonchev–Trinajstić information content (AvgIpc) is 3.16. The molecule has 0 bridgehead atoms. The summed E-state index contributed by atoms with van der Waals surface area (Å²) in [6.45, 7) is 1.26. The fourth-order valence-electron chi connectivity index (χ4n) is 7.24. The van der Waals surface area contributed by atoms with E-state index < -0.39 is 28.8 Å². The number of methoxy groups -OCH3 is 1. The molecule has 1 aliphatic heterocycles. The standard InChI is InChI=1S/C39H34Cl2N6O5S2/c1-52-30-16-15-22(19-24(30)21-45-18-7-6-12-27(45)23-9-8-17-42-20-23)31(32-34(48)43-38(53)46(36(32)50)28-13-4-2-10-25(28)40)33-35(49)44-39(54)47(37(33)51)29-14-5-3-11-26(29)41/h2-5,8-11,13-17,19-20,27,31,50-51H,6-7,12,18,21H2,1H3,(H,43,48,53)(H,44,49,54)/t27-/m1/s1. The molecule has 0 spiro atoms. The van der Waals surface area contributed by atoms with Gasteiger partial charge >= 0.3 is 0 Å². The van der Waals surface area contributed by atoms with Crippen molar-refractivity contribution < 1.29 is 14.9 Å². The number of halogens is 2. The Balaban J connectivity index is 1.49. The van der Waals surface area contributed by atoms with Crippen LogP contribution >= 0.6 is 47.6 Å². The van der Waals surface area contributed by atoms with Crippen LogP contribution < -0.4 is 15.9 Å². The average molecular weight is 802 g/mol. The number of hydrogen-bond donors (Lipinski definition) is 4. The Bertz CT molecular complexity index is 2490. The molecule has 4 heterocycles. The molecule has 0 amide bonds. The number of likely N-dealkylation sites (tertiary alicyclic amines) is 1. The Labute approximate surface area is 329 Å². The molecule has 0 saturated carbocycles. The molecule has 54 heavy (non-hydrogen) atoms. The topological polar surface area (TPSA) is 141 Å². The van der Waals surface area contributed by atoms with Gasteiger partial charge in [0.05, 0.1) is 45.6 Å². The largest absolute Gasteiger partial charge is 0.496 e. The van der Waals surface area contributed by atoms with E-state index in [9.17, 15) is 19.8 Å². The first-order valence-corrected chi connectivity index (χ1v) is 18.6. The summed E-state index contributed by atoms with van der Waals surface area (Å²) in [6.07, 6.45) is 6.63. The zero-order valence-electron chi connectivity index (χ0n) is 28.8. The van der Waals surface area contributed by atoms with Crippen molar-refractivity contribution in [1.29, 1.82) is 0 Å². The minimum atomic E-state index is -1.40. The number of hydrogen-bond acceptors (Lipinski definition) is 9. The summed E-state index contributed by atoms with van der Waals surface area (Å²) in [7, 11) is 1.57. The van der Waals surface area contributed by atoms with Crippen molar-refractivity contribution in [2.75, 3.05) is 13.7 Å². The number of rotatable bonds is 9. The minimum absolute atomic E-state index is 0.0961. The maximum atomic E-state index is 14.1. The van der Waals surface area contributed by atoms with Gasteiger partial charge in [-0.05, 0) is 97.4 Å². The fraction of sp³-hybridized carbons (Fsp3) is 0.205. The van der Waals surface area contributed by atoms with E-state index in [-0.39, 0.29) is 48.1 Å². The summed E-state index contributed by atoms with van der Waals surface area (Å²) in [4.78, 5) is 40.3. The number of ether oxygens (including phenoxy) is 1. The molecule has 1 fully saturated rings. The Morgan fingerprint density at radius 2 is 1.44 bits per heavy atom. The van der Waals surface area contributed by atoms with Gasteiger partial charge < -0.3 is 14.9 Å². The lowest BCUT2D eigenvalue weighted by molar-refractivity contribution is 0.139. The second kappa shape index (κ2) is 15.7. The van der Waals surface area contributed by atoms with E-state index in [0.717, 1.165) is 36.9 Å². The molecule has 11 nitrogen and oxygen atoms in total. The van der Waals surface area contributed by atoms with Crippen LogP contribution in [0.15, 0.2) is 101 Å². The zero-order chi connectivity index (χ0) is 38.1. The predicted octanol–water partition coefficient (Wildman–Crippen LogP) is 8.13. The number of benzene rings is 3. The maximum Gasteiger partial charge on any atom is 0.259 e. The highest BCUT2D eigenvalue weighted by Gasteiger charge is 2.34. The minimum Gasteiger partial charge on any atom is -0.496 e. The molecular formula is C39H34Cl2N6O5S2. The number of nitrogens with one attached hydrogen (secondary N) is 2. The van der Waals surface area contributed by atoms with Gasteiger partial charge in [0.25, 0.3) is 11.1 Å². The molecule has 15 heteroatoms. The SMILES string of the molecule is COc1ccc(C(c2c(O)n(-c3ccccc3Cl)c(=S)[nH]c2=O)c2c(O)n(-c3ccccc3Cl)c(=S)[nH]c2=O)cc1CN1CCCC[C@@H]1c1cccnc1. The lowest BCUT2D eigenvalue weighted by atomic mass is 9.85. The smallest absolute Gasteiger partial charge is 0.259 e. The molecule has 7 rings (SSSR count).